The van der Waals surface area contributed by atoms with E-state index < -0.39 is 0 Å². The number of rotatable bonds is 8. The Kier molecular flexibility index (Phi) is 9.09. The van der Waals surface area contributed by atoms with Crippen molar-refractivity contribution in [2.45, 2.75) is 97.3 Å². The van der Waals surface area contributed by atoms with Gasteiger partial charge < -0.3 is 0 Å². The fourth-order valence-electron chi connectivity index (χ4n) is 4.53. The maximum atomic E-state index is 2.56. The SMILES string of the molecule is CCC/C=C/C1CCC(/C=C/CCC2CCC(CC)CC2)CC1. The van der Waals surface area contributed by atoms with Crippen molar-refractivity contribution < 1.29 is 0 Å². The van der Waals surface area contributed by atoms with Crippen molar-refractivity contribution in [3.05, 3.63) is 24.3 Å². The first kappa shape index (κ1) is 18.8. The molecular weight excluding hydrogens is 276 g/mol. The van der Waals surface area contributed by atoms with Crippen molar-refractivity contribution >= 4 is 0 Å². The summed E-state index contributed by atoms with van der Waals surface area (Å²) in [5, 5.41) is 0. The van der Waals surface area contributed by atoms with Crippen molar-refractivity contribution in [2.24, 2.45) is 23.7 Å². The van der Waals surface area contributed by atoms with E-state index in [4.69, 9.17) is 0 Å². The molecular formula is C23H40. The van der Waals surface area contributed by atoms with Gasteiger partial charge in [-0.3, -0.25) is 0 Å². The third-order valence-electron chi connectivity index (χ3n) is 6.37. The molecule has 0 saturated heterocycles. The highest BCUT2D eigenvalue weighted by Crippen LogP contribution is 2.34. The minimum Gasteiger partial charge on any atom is -0.0883 e. The van der Waals surface area contributed by atoms with Crippen LogP contribution in [0.3, 0.4) is 0 Å². The van der Waals surface area contributed by atoms with Gasteiger partial charge in [0.15, 0.2) is 0 Å². The predicted octanol–water partition coefficient (Wildman–Crippen LogP) is 7.70. The Morgan fingerprint density at radius 2 is 1.17 bits per heavy atom. The van der Waals surface area contributed by atoms with Crippen molar-refractivity contribution in [1.82, 2.24) is 0 Å². The number of hydrogen-bond donors (Lipinski definition) is 0. The highest BCUT2D eigenvalue weighted by Gasteiger charge is 2.19. The van der Waals surface area contributed by atoms with Crippen LogP contribution >= 0.6 is 0 Å². The standard InChI is InChI=1S/C23H40/c1-3-5-6-9-21-16-18-23(19-17-21)11-8-7-10-22-14-12-20(4-2)13-15-22/h6,8-9,11,20-23H,3-5,7,10,12-19H2,1-2H3/b9-6+,11-8+. The van der Waals surface area contributed by atoms with Crippen LogP contribution in [-0.2, 0) is 0 Å². The molecule has 2 rings (SSSR count). The second kappa shape index (κ2) is 11.1. The summed E-state index contributed by atoms with van der Waals surface area (Å²) in [4.78, 5) is 0. The topological polar surface area (TPSA) is 0 Å². The molecule has 0 amide bonds. The summed E-state index contributed by atoms with van der Waals surface area (Å²) in [5.41, 5.74) is 0. The Labute approximate surface area is 145 Å². The minimum atomic E-state index is 0.875. The van der Waals surface area contributed by atoms with Gasteiger partial charge in [0.2, 0.25) is 0 Å². The Hall–Kier alpha value is -0.520. The molecule has 0 atom stereocenters. The largest absolute Gasteiger partial charge is 0.0883 e. The molecule has 0 heteroatoms. The summed E-state index contributed by atoms with van der Waals surface area (Å²) < 4.78 is 0. The quantitative estimate of drug-likeness (QED) is 0.402. The molecule has 0 unspecified atom stereocenters. The van der Waals surface area contributed by atoms with E-state index >= 15 is 0 Å². The highest BCUT2D eigenvalue weighted by molar-refractivity contribution is 4.96. The molecule has 0 heterocycles. The van der Waals surface area contributed by atoms with Gasteiger partial charge in [0.05, 0.1) is 0 Å². The van der Waals surface area contributed by atoms with Crippen LogP contribution < -0.4 is 0 Å². The minimum absolute atomic E-state index is 0.875. The van der Waals surface area contributed by atoms with E-state index in [9.17, 15) is 0 Å². The lowest BCUT2D eigenvalue weighted by atomic mass is 9.79. The number of unbranched alkanes of at least 4 members (excludes halogenated alkanes) is 1. The lowest BCUT2D eigenvalue weighted by Crippen LogP contribution is -2.13. The lowest BCUT2D eigenvalue weighted by molar-refractivity contribution is 0.259. The summed E-state index contributed by atoms with van der Waals surface area (Å²) in [5.74, 6) is 3.83. The van der Waals surface area contributed by atoms with Gasteiger partial charge in [-0.05, 0) is 68.6 Å². The molecule has 2 saturated carbocycles. The lowest BCUT2D eigenvalue weighted by Gasteiger charge is -2.27. The van der Waals surface area contributed by atoms with Crippen LogP contribution in [0, 0.1) is 23.7 Å². The van der Waals surface area contributed by atoms with Crippen molar-refractivity contribution in [3.63, 3.8) is 0 Å². The summed E-state index contributed by atoms with van der Waals surface area (Å²) >= 11 is 0. The Morgan fingerprint density at radius 1 is 0.652 bits per heavy atom. The Balaban J connectivity index is 1.55. The molecule has 23 heavy (non-hydrogen) atoms. The fourth-order valence-corrected chi connectivity index (χ4v) is 4.53. The molecule has 2 aliphatic rings. The summed E-state index contributed by atoms with van der Waals surface area (Å²) in [6.45, 7) is 4.63. The van der Waals surface area contributed by atoms with Gasteiger partial charge in [-0.2, -0.15) is 0 Å². The monoisotopic (exact) mass is 316 g/mol. The molecule has 0 aliphatic heterocycles. The molecule has 0 radical (unpaired) electrons. The van der Waals surface area contributed by atoms with E-state index in [0.717, 1.165) is 23.7 Å². The Bertz CT molecular complexity index is 335. The third-order valence-corrected chi connectivity index (χ3v) is 6.37. The molecule has 0 nitrogen and oxygen atoms in total. The maximum absolute atomic E-state index is 2.56. The first-order valence-electron chi connectivity index (χ1n) is 10.6. The first-order valence-corrected chi connectivity index (χ1v) is 10.6. The van der Waals surface area contributed by atoms with Gasteiger partial charge in [-0.25, -0.2) is 0 Å². The fraction of sp³-hybridized carbons (Fsp3) is 0.826. The van der Waals surface area contributed by atoms with Gasteiger partial charge in [0.1, 0.15) is 0 Å². The molecule has 2 fully saturated rings. The highest BCUT2D eigenvalue weighted by atomic mass is 14.3. The van der Waals surface area contributed by atoms with Crippen LogP contribution in [0.25, 0.3) is 0 Å². The van der Waals surface area contributed by atoms with Crippen LogP contribution in [0.5, 0.6) is 0 Å². The molecule has 132 valence electrons. The zero-order valence-corrected chi connectivity index (χ0v) is 15.8. The predicted molar refractivity (Wildman–Crippen MR) is 104 cm³/mol. The van der Waals surface area contributed by atoms with Crippen LogP contribution in [-0.4, -0.2) is 0 Å². The van der Waals surface area contributed by atoms with Gasteiger partial charge in [-0.1, -0.05) is 76.7 Å². The maximum Gasteiger partial charge on any atom is -0.0233 e. The average Bonchev–Trinajstić information content (AvgIpc) is 2.61. The van der Waals surface area contributed by atoms with E-state index in [1.807, 2.05) is 0 Å². The van der Waals surface area contributed by atoms with Crippen LogP contribution in [0.15, 0.2) is 24.3 Å². The van der Waals surface area contributed by atoms with Crippen molar-refractivity contribution in [1.29, 1.82) is 0 Å². The van der Waals surface area contributed by atoms with Crippen LogP contribution in [0.4, 0.5) is 0 Å². The van der Waals surface area contributed by atoms with Gasteiger partial charge in [0, 0.05) is 0 Å². The smallest absolute Gasteiger partial charge is 0.0233 e. The Morgan fingerprint density at radius 3 is 1.70 bits per heavy atom. The molecule has 0 aromatic carbocycles. The number of hydrogen-bond acceptors (Lipinski definition) is 0. The van der Waals surface area contributed by atoms with Gasteiger partial charge >= 0.3 is 0 Å². The summed E-state index contributed by atoms with van der Waals surface area (Å²) in [7, 11) is 0. The van der Waals surface area contributed by atoms with E-state index in [1.54, 1.807) is 0 Å². The van der Waals surface area contributed by atoms with E-state index in [0.29, 0.717) is 0 Å². The molecule has 2 aliphatic carbocycles. The van der Waals surface area contributed by atoms with Gasteiger partial charge in [-0.15, -0.1) is 0 Å². The molecule has 0 N–H and O–H groups in total. The first-order chi connectivity index (χ1) is 11.3. The molecule has 0 spiro atoms. The number of allylic oxidation sites excluding steroid dienone is 4. The van der Waals surface area contributed by atoms with E-state index in [1.165, 1.54) is 83.5 Å². The summed E-state index contributed by atoms with van der Waals surface area (Å²) in [6.07, 6.45) is 28.4. The van der Waals surface area contributed by atoms with E-state index in [2.05, 4.69) is 38.2 Å². The summed E-state index contributed by atoms with van der Waals surface area (Å²) in [6, 6.07) is 0. The normalized spacial score (nSPS) is 32.8. The second-order valence-corrected chi connectivity index (χ2v) is 8.19. The second-order valence-electron chi connectivity index (χ2n) is 8.19. The van der Waals surface area contributed by atoms with Crippen molar-refractivity contribution in [3.8, 4) is 0 Å². The average molecular weight is 317 g/mol. The van der Waals surface area contributed by atoms with Gasteiger partial charge in [0.25, 0.3) is 0 Å². The zero-order valence-electron chi connectivity index (χ0n) is 15.8. The molecule has 0 bridgehead atoms. The van der Waals surface area contributed by atoms with E-state index in [-0.39, 0.29) is 0 Å². The molecule has 0 aromatic heterocycles. The van der Waals surface area contributed by atoms with Crippen LogP contribution in [0.2, 0.25) is 0 Å². The van der Waals surface area contributed by atoms with Crippen LogP contribution in [0.1, 0.15) is 97.3 Å². The van der Waals surface area contributed by atoms with Crippen molar-refractivity contribution in [2.75, 3.05) is 0 Å². The zero-order chi connectivity index (χ0) is 16.3. The third kappa shape index (κ3) is 7.27. The molecule has 0 aromatic rings.